The Balaban J connectivity index is 1.44. The molecule has 0 atom stereocenters. The fourth-order valence-electron chi connectivity index (χ4n) is 3.34. The molecule has 4 rings (SSSR count). The zero-order valence-electron chi connectivity index (χ0n) is 16.5. The monoisotopic (exact) mass is 388 g/mol. The average Bonchev–Trinajstić information content (AvgIpc) is 2.77. The Hall–Kier alpha value is -3.09. The van der Waals surface area contributed by atoms with Crippen LogP contribution in [0.5, 0.6) is 0 Å². The third-order valence-electron chi connectivity index (χ3n) is 5.01. The number of hydrogen-bond donors (Lipinski definition) is 1. The molecular formula is C23H24N4O2. The Morgan fingerprint density at radius 2 is 1.97 bits per heavy atom. The van der Waals surface area contributed by atoms with Crippen molar-refractivity contribution < 1.29 is 9.53 Å². The largest absolute Gasteiger partial charge is 0.379 e. The van der Waals surface area contributed by atoms with Gasteiger partial charge in [-0.2, -0.15) is 0 Å². The number of anilines is 1. The summed E-state index contributed by atoms with van der Waals surface area (Å²) >= 11 is 0. The molecule has 0 bridgehead atoms. The summed E-state index contributed by atoms with van der Waals surface area (Å²) in [5, 5.41) is 2.96. The number of nitrogens with zero attached hydrogens (tertiary/aromatic N) is 3. The van der Waals surface area contributed by atoms with Gasteiger partial charge in [-0.05, 0) is 48.9 Å². The van der Waals surface area contributed by atoms with Gasteiger partial charge in [0.05, 0.1) is 30.2 Å². The maximum absolute atomic E-state index is 12.7. The summed E-state index contributed by atoms with van der Waals surface area (Å²) in [6.45, 7) is 6.16. The van der Waals surface area contributed by atoms with Gasteiger partial charge < -0.3 is 10.1 Å². The molecule has 0 radical (unpaired) electrons. The second-order valence-electron chi connectivity index (χ2n) is 7.13. The third-order valence-corrected chi connectivity index (χ3v) is 5.01. The van der Waals surface area contributed by atoms with E-state index >= 15 is 0 Å². The highest BCUT2D eigenvalue weighted by Crippen LogP contribution is 2.25. The minimum atomic E-state index is -0.175. The summed E-state index contributed by atoms with van der Waals surface area (Å²) in [6, 6.07) is 15.4. The van der Waals surface area contributed by atoms with Crippen LogP contribution in [-0.2, 0) is 11.3 Å². The number of carbonyl (C=O) groups is 1. The van der Waals surface area contributed by atoms with Crippen molar-refractivity contribution in [3.05, 3.63) is 77.7 Å². The highest BCUT2D eigenvalue weighted by molar-refractivity contribution is 6.04. The number of morpholine rings is 1. The molecule has 1 aliphatic heterocycles. The molecule has 3 heterocycles. The van der Waals surface area contributed by atoms with E-state index in [1.807, 2.05) is 55.5 Å². The number of rotatable bonds is 5. The van der Waals surface area contributed by atoms with Gasteiger partial charge in [0.1, 0.15) is 0 Å². The zero-order chi connectivity index (χ0) is 20.1. The zero-order valence-corrected chi connectivity index (χ0v) is 16.5. The second-order valence-corrected chi connectivity index (χ2v) is 7.13. The normalized spacial score (nSPS) is 14.5. The van der Waals surface area contributed by atoms with E-state index in [9.17, 15) is 4.79 Å². The lowest BCUT2D eigenvalue weighted by Crippen LogP contribution is -2.35. The molecule has 1 aromatic carbocycles. The maximum atomic E-state index is 12.7. The number of aryl methyl sites for hydroxylation is 1. The SMILES string of the molecule is Cc1ccc(NC(=O)c2ccc(CN3CCOCC3)nc2)cc1-c1ccccn1. The topological polar surface area (TPSA) is 67.4 Å². The van der Waals surface area contributed by atoms with Crippen molar-refractivity contribution in [1.82, 2.24) is 14.9 Å². The van der Waals surface area contributed by atoms with Crippen molar-refractivity contribution >= 4 is 11.6 Å². The van der Waals surface area contributed by atoms with Crippen LogP contribution in [-0.4, -0.2) is 47.1 Å². The molecule has 0 unspecified atom stereocenters. The number of aromatic nitrogens is 2. The number of ether oxygens (including phenoxy) is 1. The van der Waals surface area contributed by atoms with Crippen LogP contribution >= 0.6 is 0 Å². The Bertz CT molecular complexity index is 968. The van der Waals surface area contributed by atoms with Crippen LogP contribution in [0.1, 0.15) is 21.6 Å². The van der Waals surface area contributed by atoms with E-state index in [-0.39, 0.29) is 5.91 Å². The van der Waals surface area contributed by atoms with Gasteiger partial charge in [-0.25, -0.2) is 0 Å². The van der Waals surface area contributed by atoms with E-state index in [1.54, 1.807) is 12.4 Å². The number of carbonyl (C=O) groups excluding carboxylic acids is 1. The Morgan fingerprint density at radius 3 is 2.69 bits per heavy atom. The molecule has 0 spiro atoms. The molecule has 0 aliphatic carbocycles. The highest BCUT2D eigenvalue weighted by atomic mass is 16.5. The minimum Gasteiger partial charge on any atom is -0.379 e. The van der Waals surface area contributed by atoms with Gasteiger partial charge >= 0.3 is 0 Å². The van der Waals surface area contributed by atoms with E-state index in [0.717, 1.165) is 61.1 Å². The van der Waals surface area contributed by atoms with Gasteiger partial charge in [-0.1, -0.05) is 12.1 Å². The quantitative estimate of drug-likeness (QED) is 0.724. The van der Waals surface area contributed by atoms with Crippen LogP contribution in [0.2, 0.25) is 0 Å². The van der Waals surface area contributed by atoms with Crippen LogP contribution in [0.3, 0.4) is 0 Å². The lowest BCUT2D eigenvalue weighted by atomic mass is 10.0. The van der Waals surface area contributed by atoms with Crippen LogP contribution in [0.25, 0.3) is 11.3 Å². The molecular weight excluding hydrogens is 364 g/mol. The van der Waals surface area contributed by atoms with Gasteiger partial charge in [0, 0.05) is 43.3 Å². The molecule has 1 N–H and O–H groups in total. The van der Waals surface area contributed by atoms with Gasteiger partial charge in [0.25, 0.3) is 5.91 Å². The van der Waals surface area contributed by atoms with Crippen molar-refractivity contribution in [1.29, 1.82) is 0 Å². The highest BCUT2D eigenvalue weighted by Gasteiger charge is 2.13. The minimum absolute atomic E-state index is 0.175. The molecule has 29 heavy (non-hydrogen) atoms. The number of hydrogen-bond acceptors (Lipinski definition) is 5. The van der Waals surface area contributed by atoms with Crippen molar-refractivity contribution in [2.75, 3.05) is 31.6 Å². The number of nitrogens with one attached hydrogen (secondary N) is 1. The van der Waals surface area contributed by atoms with Gasteiger partial charge in [0.15, 0.2) is 0 Å². The molecule has 6 heteroatoms. The molecule has 3 aromatic rings. The lowest BCUT2D eigenvalue weighted by Gasteiger charge is -2.26. The van der Waals surface area contributed by atoms with E-state index in [1.165, 1.54) is 0 Å². The summed E-state index contributed by atoms with van der Waals surface area (Å²) in [5.74, 6) is -0.175. The summed E-state index contributed by atoms with van der Waals surface area (Å²) in [4.78, 5) is 23.8. The van der Waals surface area contributed by atoms with Crippen LogP contribution in [0, 0.1) is 6.92 Å². The van der Waals surface area contributed by atoms with Gasteiger partial charge in [0.2, 0.25) is 0 Å². The second kappa shape index (κ2) is 8.94. The Kier molecular flexibility index (Phi) is 5.93. The first-order valence-corrected chi connectivity index (χ1v) is 9.77. The molecule has 0 saturated carbocycles. The standard InChI is InChI=1S/C23H24N4O2/c1-17-5-7-19(14-21(17)22-4-2-3-9-24-22)26-23(28)18-6-8-20(25-15-18)16-27-10-12-29-13-11-27/h2-9,14-15H,10-13,16H2,1H3,(H,26,28). The molecule has 148 valence electrons. The predicted octanol–water partition coefficient (Wildman–Crippen LogP) is 3.54. The molecule has 1 saturated heterocycles. The Labute approximate surface area is 170 Å². The van der Waals surface area contributed by atoms with Crippen molar-refractivity contribution in [2.45, 2.75) is 13.5 Å². The van der Waals surface area contributed by atoms with E-state index in [4.69, 9.17) is 4.74 Å². The van der Waals surface area contributed by atoms with Gasteiger partial charge in [-0.15, -0.1) is 0 Å². The smallest absolute Gasteiger partial charge is 0.257 e. The van der Waals surface area contributed by atoms with E-state index < -0.39 is 0 Å². The first-order chi connectivity index (χ1) is 14.2. The summed E-state index contributed by atoms with van der Waals surface area (Å²) in [7, 11) is 0. The van der Waals surface area contributed by atoms with Gasteiger partial charge in [-0.3, -0.25) is 19.7 Å². The molecule has 6 nitrogen and oxygen atoms in total. The summed E-state index contributed by atoms with van der Waals surface area (Å²) in [5.41, 5.74) is 5.22. The van der Waals surface area contributed by atoms with E-state index in [0.29, 0.717) is 5.56 Å². The fourth-order valence-corrected chi connectivity index (χ4v) is 3.34. The van der Waals surface area contributed by atoms with Crippen LogP contribution in [0.15, 0.2) is 60.9 Å². The first-order valence-electron chi connectivity index (χ1n) is 9.77. The fraction of sp³-hybridized carbons (Fsp3) is 0.261. The lowest BCUT2D eigenvalue weighted by molar-refractivity contribution is 0.0336. The average molecular weight is 388 g/mol. The molecule has 1 amide bonds. The van der Waals surface area contributed by atoms with Crippen molar-refractivity contribution in [3.8, 4) is 11.3 Å². The number of amides is 1. The molecule has 1 aliphatic rings. The van der Waals surface area contributed by atoms with Crippen molar-refractivity contribution in [2.24, 2.45) is 0 Å². The third kappa shape index (κ3) is 4.85. The van der Waals surface area contributed by atoms with Crippen LogP contribution < -0.4 is 5.32 Å². The first kappa shape index (κ1) is 19.2. The van der Waals surface area contributed by atoms with E-state index in [2.05, 4.69) is 20.2 Å². The van der Waals surface area contributed by atoms with Crippen LogP contribution in [0.4, 0.5) is 5.69 Å². The maximum Gasteiger partial charge on any atom is 0.257 e. The summed E-state index contributed by atoms with van der Waals surface area (Å²) in [6.07, 6.45) is 3.41. The molecule has 1 fully saturated rings. The molecule has 2 aromatic heterocycles. The predicted molar refractivity (Wildman–Crippen MR) is 113 cm³/mol. The number of benzene rings is 1. The Morgan fingerprint density at radius 1 is 1.10 bits per heavy atom. The summed E-state index contributed by atoms with van der Waals surface area (Å²) < 4.78 is 5.37. The van der Waals surface area contributed by atoms with Crippen molar-refractivity contribution in [3.63, 3.8) is 0 Å². The number of pyridine rings is 2.